The number of aromatic amines is 1. The number of nitrogens with one attached hydrogen (secondary N) is 1. The third kappa shape index (κ3) is 3.69. The van der Waals surface area contributed by atoms with Crippen molar-refractivity contribution in [1.82, 2.24) is 25.0 Å². The summed E-state index contributed by atoms with van der Waals surface area (Å²) in [6, 6.07) is 15.2. The van der Waals surface area contributed by atoms with Gasteiger partial charge in [0.1, 0.15) is 29.2 Å². The summed E-state index contributed by atoms with van der Waals surface area (Å²) in [4.78, 5) is 9.54. The van der Waals surface area contributed by atoms with Crippen LogP contribution in [-0.2, 0) is 11.4 Å². The Bertz CT molecular complexity index is 1030. The van der Waals surface area contributed by atoms with Crippen molar-refractivity contribution >= 4 is 12.0 Å². The lowest BCUT2D eigenvalue weighted by atomic mass is 10.1. The Morgan fingerprint density at radius 1 is 1.00 bits per heavy atom. The van der Waals surface area contributed by atoms with Crippen molar-refractivity contribution in [3.05, 3.63) is 66.6 Å². The van der Waals surface area contributed by atoms with Gasteiger partial charge in [-0.1, -0.05) is 18.2 Å². The van der Waals surface area contributed by atoms with Gasteiger partial charge in [-0.05, 0) is 36.4 Å². The van der Waals surface area contributed by atoms with Crippen LogP contribution in [0.3, 0.4) is 0 Å². The first-order valence-electron chi connectivity index (χ1n) is 7.97. The monoisotopic (exact) mass is 383 g/mol. The molecule has 0 radical (unpaired) electrons. The molecule has 7 nitrogen and oxygen atoms in total. The van der Waals surface area contributed by atoms with E-state index < -0.39 is 0 Å². The molecule has 0 bridgehead atoms. The van der Waals surface area contributed by atoms with E-state index in [0.29, 0.717) is 22.3 Å². The minimum absolute atomic E-state index is 0.307. The maximum Gasteiger partial charge on any atom is 0.200 e. The Balaban J connectivity index is 1.53. The van der Waals surface area contributed by atoms with Crippen LogP contribution in [0.5, 0.6) is 5.75 Å². The van der Waals surface area contributed by atoms with E-state index in [4.69, 9.17) is 9.22 Å². The fraction of sp³-hybridized carbons (Fsp3) is 0.0556. The molecule has 0 saturated heterocycles. The van der Waals surface area contributed by atoms with Gasteiger partial charge in [0, 0.05) is 12.6 Å². The third-order valence-electron chi connectivity index (χ3n) is 3.84. The highest BCUT2D eigenvalue weighted by Gasteiger charge is 2.18. The molecule has 0 aliphatic heterocycles. The largest absolute Gasteiger partial charge is 0.325 e. The normalized spacial score (nSPS) is 10.9. The zero-order valence-electron chi connectivity index (χ0n) is 14.2. The quantitative estimate of drug-likeness (QED) is 0.308. The Labute approximate surface area is 158 Å². The van der Waals surface area contributed by atoms with Crippen molar-refractivity contribution < 1.29 is 13.6 Å². The van der Waals surface area contributed by atoms with Crippen LogP contribution in [0.2, 0.25) is 0 Å². The van der Waals surface area contributed by atoms with E-state index >= 15 is 0 Å². The summed E-state index contributed by atoms with van der Waals surface area (Å²) in [5.41, 5.74) is 2.69. The lowest BCUT2D eigenvalue weighted by molar-refractivity contribution is -0.0782. The van der Waals surface area contributed by atoms with Gasteiger partial charge in [0.25, 0.3) is 0 Å². The summed E-state index contributed by atoms with van der Waals surface area (Å²) in [7, 11) is 1.83. The molecule has 0 saturated carbocycles. The maximum atomic E-state index is 13.2. The SMILES string of the molecule is Cn1c(-c2n[nH]nc2-c2ccc(F)cc2)cnc1SOOc1ccccc1. The highest BCUT2D eigenvalue weighted by Crippen LogP contribution is 2.30. The summed E-state index contributed by atoms with van der Waals surface area (Å²) in [5, 5.41) is 11.6. The van der Waals surface area contributed by atoms with Crippen LogP contribution in [0, 0.1) is 5.82 Å². The summed E-state index contributed by atoms with van der Waals surface area (Å²) in [6.07, 6.45) is 1.67. The molecular weight excluding hydrogens is 369 g/mol. The molecule has 2 heterocycles. The number of benzene rings is 2. The van der Waals surface area contributed by atoms with E-state index in [9.17, 15) is 4.39 Å². The van der Waals surface area contributed by atoms with E-state index in [1.165, 1.54) is 12.1 Å². The number of rotatable bonds is 6. The lowest BCUT2D eigenvalue weighted by Gasteiger charge is -2.05. The zero-order chi connectivity index (χ0) is 18.6. The highest BCUT2D eigenvalue weighted by molar-refractivity contribution is 7.94. The summed E-state index contributed by atoms with van der Waals surface area (Å²) in [6.45, 7) is 0. The zero-order valence-corrected chi connectivity index (χ0v) is 15.0. The highest BCUT2D eigenvalue weighted by atomic mass is 32.2. The summed E-state index contributed by atoms with van der Waals surface area (Å²) < 4.78 is 20.2. The number of nitrogens with zero attached hydrogens (tertiary/aromatic N) is 4. The van der Waals surface area contributed by atoms with E-state index in [-0.39, 0.29) is 5.82 Å². The molecule has 136 valence electrons. The molecule has 0 amide bonds. The van der Waals surface area contributed by atoms with Gasteiger partial charge in [0.05, 0.1) is 11.9 Å². The molecule has 9 heteroatoms. The van der Waals surface area contributed by atoms with Crippen molar-refractivity contribution in [2.24, 2.45) is 7.05 Å². The molecule has 0 unspecified atom stereocenters. The van der Waals surface area contributed by atoms with Gasteiger partial charge < -0.3 is 9.45 Å². The number of para-hydroxylation sites is 1. The molecule has 4 aromatic rings. The molecule has 0 fully saturated rings. The maximum absolute atomic E-state index is 13.2. The average Bonchev–Trinajstić information content (AvgIpc) is 3.30. The summed E-state index contributed by atoms with van der Waals surface area (Å²) in [5.74, 6) is 0.285. The van der Waals surface area contributed by atoms with Gasteiger partial charge in [-0.15, -0.1) is 4.33 Å². The first kappa shape index (κ1) is 17.3. The van der Waals surface area contributed by atoms with E-state index in [1.54, 1.807) is 30.5 Å². The van der Waals surface area contributed by atoms with Crippen LogP contribution < -0.4 is 4.89 Å². The standard InChI is InChI=1S/C18H14FN5O2S/c1-24-15(11-20-18(24)27-26-25-14-5-3-2-4-6-14)17-16(21-23-22-17)12-7-9-13(19)10-8-12/h2-11H,1H3,(H,21,22,23). The second-order valence-corrected chi connectivity index (χ2v) is 6.23. The molecule has 27 heavy (non-hydrogen) atoms. The third-order valence-corrected chi connectivity index (χ3v) is 4.50. The van der Waals surface area contributed by atoms with Crippen LogP contribution in [0.25, 0.3) is 22.6 Å². The molecule has 1 N–H and O–H groups in total. The average molecular weight is 383 g/mol. The van der Waals surface area contributed by atoms with Gasteiger partial charge >= 0.3 is 0 Å². The van der Waals surface area contributed by atoms with Crippen LogP contribution in [0.1, 0.15) is 0 Å². The number of halogens is 1. The minimum atomic E-state index is -0.307. The molecular formula is C18H14FN5O2S. The minimum Gasteiger partial charge on any atom is -0.325 e. The first-order valence-corrected chi connectivity index (χ1v) is 8.71. The topological polar surface area (TPSA) is 77.9 Å². The van der Waals surface area contributed by atoms with Gasteiger partial charge in [-0.2, -0.15) is 15.4 Å². The lowest BCUT2D eigenvalue weighted by Crippen LogP contribution is -1.97. The molecule has 4 rings (SSSR count). The summed E-state index contributed by atoms with van der Waals surface area (Å²) >= 11 is 0.985. The van der Waals surface area contributed by atoms with Gasteiger partial charge in [0.15, 0.2) is 10.9 Å². The fourth-order valence-electron chi connectivity index (χ4n) is 2.47. The van der Waals surface area contributed by atoms with Crippen molar-refractivity contribution in [3.8, 4) is 28.4 Å². The van der Waals surface area contributed by atoms with Crippen molar-refractivity contribution in [2.45, 2.75) is 5.16 Å². The number of imidazole rings is 1. The van der Waals surface area contributed by atoms with Crippen LogP contribution in [0.4, 0.5) is 4.39 Å². The van der Waals surface area contributed by atoms with E-state index in [1.807, 2.05) is 29.8 Å². The predicted molar refractivity (Wildman–Crippen MR) is 98.0 cm³/mol. The fourth-order valence-corrected chi connectivity index (χ4v) is 2.95. The van der Waals surface area contributed by atoms with Crippen molar-refractivity contribution in [2.75, 3.05) is 0 Å². The first-order chi connectivity index (χ1) is 13.2. The smallest absolute Gasteiger partial charge is 0.200 e. The van der Waals surface area contributed by atoms with Gasteiger partial charge in [0.2, 0.25) is 0 Å². The van der Waals surface area contributed by atoms with Crippen LogP contribution in [-0.4, -0.2) is 25.0 Å². The Morgan fingerprint density at radius 3 is 2.52 bits per heavy atom. The second-order valence-electron chi connectivity index (χ2n) is 5.56. The molecule has 0 aliphatic carbocycles. The predicted octanol–water partition coefficient (Wildman–Crippen LogP) is 4.03. The molecule has 0 atom stereocenters. The van der Waals surface area contributed by atoms with Crippen molar-refractivity contribution in [1.29, 1.82) is 0 Å². The van der Waals surface area contributed by atoms with Gasteiger partial charge in [-0.25, -0.2) is 9.37 Å². The van der Waals surface area contributed by atoms with E-state index in [0.717, 1.165) is 23.3 Å². The number of H-pyrrole nitrogens is 1. The Kier molecular flexibility index (Phi) is 4.86. The van der Waals surface area contributed by atoms with Crippen molar-refractivity contribution in [3.63, 3.8) is 0 Å². The van der Waals surface area contributed by atoms with Crippen LogP contribution in [0.15, 0.2) is 66.0 Å². The van der Waals surface area contributed by atoms with Crippen LogP contribution >= 0.6 is 12.0 Å². The number of aromatic nitrogens is 5. The molecule has 2 aromatic heterocycles. The van der Waals surface area contributed by atoms with E-state index in [2.05, 4.69) is 20.4 Å². The number of hydrogen-bond donors (Lipinski definition) is 1. The molecule has 2 aromatic carbocycles. The molecule has 0 aliphatic rings. The Hall–Kier alpha value is -3.17. The Morgan fingerprint density at radius 2 is 1.74 bits per heavy atom. The van der Waals surface area contributed by atoms with Gasteiger partial charge in [-0.3, -0.25) is 0 Å². The number of hydrogen-bond acceptors (Lipinski definition) is 6. The molecule has 0 spiro atoms. The second kappa shape index (κ2) is 7.60.